The lowest BCUT2D eigenvalue weighted by molar-refractivity contribution is 0.0527. The van der Waals surface area contributed by atoms with Gasteiger partial charge in [-0.3, -0.25) is 4.99 Å². The van der Waals surface area contributed by atoms with Gasteiger partial charge in [-0.05, 0) is 43.3 Å². The van der Waals surface area contributed by atoms with Gasteiger partial charge in [-0.2, -0.15) is 5.26 Å². The van der Waals surface area contributed by atoms with Crippen molar-refractivity contribution in [2.45, 2.75) is 11.8 Å². The summed E-state index contributed by atoms with van der Waals surface area (Å²) < 4.78 is 33.1. The molecule has 140 valence electrons. The highest BCUT2D eigenvalue weighted by molar-refractivity contribution is 7.98. The molecule has 8 heteroatoms. The zero-order chi connectivity index (χ0) is 19.9. The van der Waals surface area contributed by atoms with E-state index in [9.17, 15) is 18.8 Å². The molecular weight excluding hydrogens is 368 g/mol. The number of esters is 1. The summed E-state index contributed by atoms with van der Waals surface area (Å²) in [6.45, 7) is 1.88. The Morgan fingerprint density at radius 1 is 1.26 bits per heavy atom. The Hall–Kier alpha value is -3.15. The van der Waals surface area contributed by atoms with Gasteiger partial charge in [-0.1, -0.05) is 12.1 Å². The van der Waals surface area contributed by atoms with E-state index in [2.05, 4.69) is 4.99 Å². The predicted octanol–water partition coefficient (Wildman–Crippen LogP) is 3.09. The van der Waals surface area contributed by atoms with Gasteiger partial charge in [0.25, 0.3) is 0 Å². The molecule has 2 aromatic carbocycles. The lowest BCUT2D eigenvalue weighted by Crippen LogP contribution is -2.14. The number of carbonyl (C=O) groups excluding carboxylic acids is 1. The van der Waals surface area contributed by atoms with E-state index in [4.69, 9.17) is 9.47 Å². The summed E-state index contributed by atoms with van der Waals surface area (Å²) in [5, 5.41) is 9.33. The van der Waals surface area contributed by atoms with Crippen LogP contribution >= 0.6 is 0 Å². The number of para-hydroxylation sites is 1. The highest BCUT2D eigenvalue weighted by atomic mass is 32.2. The first-order valence-electron chi connectivity index (χ1n) is 7.92. The third-order valence-electron chi connectivity index (χ3n) is 3.51. The van der Waals surface area contributed by atoms with Crippen molar-refractivity contribution in [3.63, 3.8) is 0 Å². The number of rotatable bonds is 6. The first-order valence-corrected chi connectivity index (χ1v) is 9.43. The first kappa shape index (κ1) is 20.2. The molecule has 0 bridgehead atoms. The van der Waals surface area contributed by atoms with Crippen molar-refractivity contribution in [3.05, 3.63) is 54.1 Å². The lowest BCUT2D eigenvalue weighted by atomic mass is 10.2. The Labute approximate surface area is 157 Å². The van der Waals surface area contributed by atoms with E-state index < -0.39 is 20.6 Å². The molecule has 0 aliphatic heterocycles. The summed E-state index contributed by atoms with van der Waals surface area (Å²) in [6.07, 6.45) is 0.991. The topological polar surface area (TPSA) is 109 Å². The summed E-state index contributed by atoms with van der Waals surface area (Å²) in [4.78, 5) is 15.6. The molecule has 0 spiro atoms. The molecule has 0 aliphatic rings. The molecule has 2 aromatic rings. The van der Waals surface area contributed by atoms with Gasteiger partial charge in [0.2, 0.25) is 0 Å². The number of methoxy groups -OCH3 is 1. The number of ether oxygens (including phenoxy) is 2. The average molecular weight is 386 g/mol. The zero-order valence-electron chi connectivity index (χ0n) is 14.8. The van der Waals surface area contributed by atoms with Gasteiger partial charge in [-0.15, -0.1) is 0 Å². The number of benzene rings is 2. The van der Waals surface area contributed by atoms with Crippen LogP contribution in [0.15, 0.2) is 58.4 Å². The standard InChI is InChI=1S/C19H18N2O5S/c1-3-26-19(22)17-6-4-5-7-18(17)21-13-16(12-20)27(23,24)15-10-8-14(25-2)9-11-15/h4-11,13H,3H2,1-2H3,(H,23,24). The molecule has 0 heterocycles. The third-order valence-corrected chi connectivity index (χ3v) is 5.21. The fourth-order valence-corrected chi connectivity index (χ4v) is 3.22. The summed E-state index contributed by atoms with van der Waals surface area (Å²) in [6, 6.07) is 13.9. The Morgan fingerprint density at radius 3 is 2.52 bits per heavy atom. The van der Waals surface area contributed by atoms with E-state index >= 15 is 0 Å². The Morgan fingerprint density at radius 2 is 1.93 bits per heavy atom. The van der Waals surface area contributed by atoms with E-state index in [1.165, 1.54) is 37.4 Å². The summed E-state index contributed by atoms with van der Waals surface area (Å²) >= 11 is 0. The van der Waals surface area contributed by atoms with Gasteiger partial charge in [0.05, 0.1) is 36.1 Å². The van der Waals surface area contributed by atoms with Crippen LogP contribution in [0.2, 0.25) is 0 Å². The number of nitrogens with zero attached hydrogens (tertiary/aromatic N) is 2. The van der Waals surface area contributed by atoms with Crippen LogP contribution in [0.25, 0.3) is 0 Å². The maximum Gasteiger partial charge on any atom is 0.340 e. The molecule has 27 heavy (non-hydrogen) atoms. The summed E-state index contributed by atoms with van der Waals surface area (Å²) in [7, 11) is -2.33. The molecule has 0 radical (unpaired) electrons. The molecule has 7 nitrogen and oxygen atoms in total. The van der Waals surface area contributed by atoms with Crippen LogP contribution in [0.5, 0.6) is 5.75 Å². The molecule has 0 aromatic heterocycles. The predicted molar refractivity (Wildman–Crippen MR) is 103 cm³/mol. The molecular formula is C19H18N2O5S. The van der Waals surface area contributed by atoms with E-state index in [-0.39, 0.29) is 22.8 Å². The van der Waals surface area contributed by atoms with Gasteiger partial charge in [-0.25, -0.2) is 9.00 Å². The fourth-order valence-electron chi connectivity index (χ4n) is 2.15. The summed E-state index contributed by atoms with van der Waals surface area (Å²) in [5.74, 6) is -0.0480. The Kier molecular flexibility index (Phi) is 6.71. The number of aliphatic imine (C=N–C) groups is 1. The molecule has 0 saturated carbocycles. The van der Waals surface area contributed by atoms with Crippen LogP contribution in [0.4, 0.5) is 5.69 Å². The first-order chi connectivity index (χ1) is 12.9. The van der Waals surface area contributed by atoms with Crippen LogP contribution in [0.3, 0.4) is 0 Å². The van der Waals surface area contributed by atoms with Crippen molar-refractivity contribution in [1.29, 1.82) is 5.26 Å². The quantitative estimate of drug-likeness (QED) is 0.464. The highest BCUT2D eigenvalue weighted by Crippen LogP contribution is 2.20. The Bertz CT molecular complexity index is 1010. The number of hydrogen-bond donors (Lipinski definition) is 1. The zero-order valence-corrected chi connectivity index (χ0v) is 15.6. The molecule has 0 amide bonds. The van der Waals surface area contributed by atoms with Crippen molar-refractivity contribution < 1.29 is 23.0 Å². The largest absolute Gasteiger partial charge is 0.497 e. The number of carbonyl (C=O) groups is 1. The van der Waals surface area contributed by atoms with Gasteiger partial charge in [0.1, 0.15) is 21.6 Å². The molecule has 2 rings (SSSR count). The molecule has 1 atom stereocenters. The van der Waals surface area contributed by atoms with Crippen molar-refractivity contribution in [1.82, 2.24) is 0 Å². The maximum absolute atomic E-state index is 12.7. The lowest BCUT2D eigenvalue weighted by Gasteiger charge is -2.07. The average Bonchev–Trinajstić information content (AvgIpc) is 2.68. The highest BCUT2D eigenvalue weighted by Gasteiger charge is 2.15. The number of nitriles is 1. The second-order valence-electron chi connectivity index (χ2n) is 5.17. The molecule has 0 aliphatic carbocycles. The van der Waals surface area contributed by atoms with Crippen molar-refractivity contribution in [2.75, 3.05) is 13.7 Å². The minimum absolute atomic E-state index is 0.0463. The van der Waals surface area contributed by atoms with E-state index in [1.54, 1.807) is 31.2 Å². The molecule has 0 fully saturated rings. The van der Waals surface area contributed by atoms with Gasteiger partial charge < -0.3 is 14.0 Å². The van der Waals surface area contributed by atoms with Crippen molar-refractivity contribution >= 4 is 32.5 Å². The minimum atomic E-state index is -3.81. The third kappa shape index (κ3) is 4.73. The minimum Gasteiger partial charge on any atom is -0.497 e. The molecule has 1 N–H and O–H groups in total. The van der Waals surface area contributed by atoms with E-state index in [1.807, 2.05) is 0 Å². The molecule has 0 saturated heterocycles. The second-order valence-corrected chi connectivity index (χ2v) is 7.14. The fraction of sp³-hybridized carbons (Fsp3) is 0.158. The van der Waals surface area contributed by atoms with Gasteiger partial charge in [0, 0.05) is 0 Å². The van der Waals surface area contributed by atoms with Crippen LogP contribution in [-0.2, 0) is 14.5 Å². The number of hydrogen-bond acceptors (Lipinski definition) is 6. The van der Waals surface area contributed by atoms with Crippen molar-refractivity contribution in [3.8, 4) is 11.8 Å². The second kappa shape index (κ2) is 8.98. The van der Waals surface area contributed by atoms with Gasteiger partial charge in [0.15, 0.2) is 4.86 Å². The van der Waals surface area contributed by atoms with Crippen molar-refractivity contribution in [2.24, 2.45) is 4.99 Å². The van der Waals surface area contributed by atoms with Crippen LogP contribution in [0.1, 0.15) is 17.3 Å². The molecule has 1 unspecified atom stereocenters. The van der Waals surface area contributed by atoms with Crippen LogP contribution in [0, 0.1) is 11.3 Å². The van der Waals surface area contributed by atoms with Crippen LogP contribution in [-0.4, -0.2) is 39.5 Å². The maximum atomic E-state index is 12.7. The SMILES string of the molecule is CCOC(=O)c1ccccc1N=CC(C#N)=S(=O)(O)c1ccc(OC)cc1. The summed E-state index contributed by atoms with van der Waals surface area (Å²) in [5.41, 5.74) is 0.426. The van der Waals surface area contributed by atoms with E-state index in [0.717, 1.165) is 6.21 Å². The van der Waals surface area contributed by atoms with Crippen LogP contribution < -0.4 is 4.74 Å². The smallest absolute Gasteiger partial charge is 0.340 e. The Balaban J connectivity index is 2.47. The van der Waals surface area contributed by atoms with E-state index in [0.29, 0.717) is 5.75 Å². The normalized spacial score (nSPS) is 12.8. The monoisotopic (exact) mass is 386 g/mol. The van der Waals surface area contributed by atoms with Gasteiger partial charge >= 0.3 is 5.97 Å².